The maximum Gasteiger partial charge on any atom is 0.302 e. The van der Waals surface area contributed by atoms with Crippen LogP contribution in [0.3, 0.4) is 0 Å². The van der Waals surface area contributed by atoms with Crippen LogP contribution in [-0.2, 0) is 14.3 Å². The molecule has 0 aromatic heterocycles. The molecule has 0 aromatic carbocycles. The summed E-state index contributed by atoms with van der Waals surface area (Å²) >= 11 is 0. The standard InChI is InChI=1S/C10H22O.C4H8O2.CH4O/c1-7-9(3,4)11-10(5,6)8-2;1-3-6-4(2)5;1-2/h7-8H2,1-6H3;3H2,1-2H3;2H,1H3. The predicted octanol–water partition coefficient (Wildman–Crippen LogP) is 3.56. The van der Waals surface area contributed by atoms with Gasteiger partial charge in [-0.15, -0.1) is 0 Å². The van der Waals surface area contributed by atoms with Crippen LogP contribution in [0.1, 0.15) is 68.2 Å². The average Bonchev–Trinajstić information content (AvgIpc) is 2.31. The molecule has 0 saturated heterocycles. The lowest BCUT2D eigenvalue weighted by atomic mass is 10.0. The summed E-state index contributed by atoms with van der Waals surface area (Å²) in [5.74, 6) is -0.211. The van der Waals surface area contributed by atoms with Crippen LogP contribution in [0.2, 0.25) is 0 Å². The Morgan fingerprint density at radius 3 is 1.37 bits per heavy atom. The molecule has 0 spiro atoms. The third-order valence-electron chi connectivity index (χ3n) is 2.60. The van der Waals surface area contributed by atoms with Crippen molar-refractivity contribution in [2.45, 2.75) is 79.4 Å². The second-order valence-electron chi connectivity index (χ2n) is 5.25. The van der Waals surface area contributed by atoms with E-state index in [0.29, 0.717) is 6.61 Å². The van der Waals surface area contributed by atoms with Gasteiger partial charge in [-0.1, -0.05) is 13.8 Å². The zero-order valence-electron chi connectivity index (χ0n) is 14.3. The molecule has 4 nitrogen and oxygen atoms in total. The highest BCUT2D eigenvalue weighted by Crippen LogP contribution is 2.24. The molecule has 0 saturated carbocycles. The van der Waals surface area contributed by atoms with Crippen molar-refractivity contribution in [3.8, 4) is 0 Å². The van der Waals surface area contributed by atoms with Crippen LogP contribution in [0.25, 0.3) is 0 Å². The Balaban J connectivity index is -0.000000271. The Morgan fingerprint density at radius 2 is 1.26 bits per heavy atom. The zero-order valence-corrected chi connectivity index (χ0v) is 14.3. The van der Waals surface area contributed by atoms with Gasteiger partial charge in [-0.2, -0.15) is 0 Å². The summed E-state index contributed by atoms with van der Waals surface area (Å²) in [5.41, 5.74) is 0.0546. The van der Waals surface area contributed by atoms with Crippen molar-refractivity contribution >= 4 is 5.97 Å². The van der Waals surface area contributed by atoms with Crippen molar-refractivity contribution in [1.82, 2.24) is 0 Å². The molecule has 0 aliphatic heterocycles. The molecular formula is C15H34O4. The van der Waals surface area contributed by atoms with Gasteiger partial charge in [0, 0.05) is 14.0 Å². The first-order chi connectivity index (χ1) is 8.60. The second kappa shape index (κ2) is 12.4. The third-order valence-corrected chi connectivity index (χ3v) is 2.60. The Hall–Kier alpha value is -0.610. The van der Waals surface area contributed by atoms with Crippen LogP contribution >= 0.6 is 0 Å². The molecule has 0 unspecified atom stereocenters. The number of aliphatic hydroxyl groups is 1. The molecule has 0 bridgehead atoms. The predicted molar refractivity (Wildman–Crippen MR) is 80.3 cm³/mol. The summed E-state index contributed by atoms with van der Waals surface area (Å²) in [5, 5.41) is 7.00. The molecule has 19 heavy (non-hydrogen) atoms. The van der Waals surface area contributed by atoms with Crippen molar-refractivity contribution in [2.75, 3.05) is 13.7 Å². The van der Waals surface area contributed by atoms with Crippen LogP contribution in [-0.4, -0.2) is 36.0 Å². The van der Waals surface area contributed by atoms with E-state index in [1.165, 1.54) is 6.92 Å². The summed E-state index contributed by atoms with van der Waals surface area (Å²) in [7, 11) is 1.00. The van der Waals surface area contributed by atoms with E-state index < -0.39 is 0 Å². The number of ether oxygens (including phenoxy) is 2. The van der Waals surface area contributed by atoms with Crippen molar-refractivity contribution < 1.29 is 19.4 Å². The van der Waals surface area contributed by atoms with Crippen LogP contribution in [0.4, 0.5) is 0 Å². The lowest BCUT2D eigenvalue weighted by molar-refractivity contribution is -0.140. The average molecular weight is 278 g/mol. The largest absolute Gasteiger partial charge is 0.466 e. The molecule has 0 fully saturated rings. The fourth-order valence-corrected chi connectivity index (χ4v) is 1.10. The van der Waals surface area contributed by atoms with E-state index in [1.54, 1.807) is 6.92 Å². The van der Waals surface area contributed by atoms with E-state index in [0.717, 1.165) is 20.0 Å². The van der Waals surface area contributed by atoms with Crippen molar-refractivity contribution in [3.63, 3.8) is 0 Å². The smallest absolute Gasteiger partial charge is 0.302 e. The molecular weight excluding hydrogens is 244 g/mol. The molecule has 0 aliphatic carbocycles. The topological polar surface area (TPSA) is 55.8 Å². The molecule has 4 heteroatoms. The normalized spacial score (nSPS) is 10.6. The number of aliphatic hydroxyl groups excluding tert-OH is 1. The first-order valence-electron chi connectivity index (χ1n) is 6.88. The molecule has 0 rings (SSSR count). The van der Waals surface area contributed by atoms with E-state index in [2.05, 4.69) is 46.3 Å². The van der Waals surface area contributed by atoms with Gasteiger partial charge in [0.25, 0.3) is 0 Å². The Kier molecular flexibility index (Phi) is 15.4. The zero-order chi connectivity index (χ0) is 16.1. The fourth-order valence-electron chi connectivity index (χ4n) is 1.10. The minimum Gasteiger partial charge on any atom is -0.466 e. The van der Waals surface area contributed by atoms with Gasteiger partial charge in [-0.25, -0.2) is 0 Å². The lowest BCUT2D eigenvalue weighted by Crippen LogP contribution is -2.35. The molecule has 0 atom stereocenters. The van der Waals surface area contributed by atoms with E-state index in [1.807, 2.05) is 0 Å². The Labute approximate surface area is 119 Å². The molecule has 0 heterocycles. The fraction of sp³-hybridized carbons (Fsp3) is 0.933. The monoisotopic (exact) mass is 278 g/mol. The number of esters is 1. The highest BCUT2D eigenvalue weighted by molar-refractivity contribution is 5.65. The van der Waals surface area contributed by atoms with Crippen molar-refractivity contribution in [3.05, 3.63) is 0 Å². The van der Waals surface area contributed by atoms with Crippen LogP contribution < -0.4 is 0 Å². The maximum atomic E-state index is 9.82. The van der Waals surface area contributed by atoms with Gasteiger partial charge in [-0.3, -0.25) is 4.79 Å². The van der Waals surface area contributed by atoms with Crippen LogP contribution in [0.5, 0.6) is 0 Å². The van der Waals surface area contributed by atoms with Crippen molar-refractivity contribution in [2.24, 2.45) is 0 Å². The number of carbonyl (C=O) groups is 1. The van der Waals surface area contributed by atoms with Crippen LogP contribution in [0, 0.1) is 0 Å². The summed E-state index contributed by atoms with van der Waals surface area (Å²) in [6.45, 7) is 16.5. The third kappa shape index (κ3) is 19.9. The molecule has 1 N–H and O–H groups in total. The van der Waals surface area contributed by atoms with Gasteiger partial charge in [0.15, 0.2) is 0 Å². The molecule has 0 aliphatic rings. The summed E-state index contributed by atoms with van der Waals surface area (Å²) in [4.78, 5) is 9.82. The van der Waals surface area contributed by atoms with Gasteiger partial charge in [0.2, 0.25) is 0 Å². The highest BCUT2D eigenvalue weighted by Gasteiger charge is 2.25. The maximum absolute atomic E-state index is 9.82. The van der Waals surface area contributed by atoms with E-state index in [4.69, 9.17) is 9.84 Å². The Morgan fingerprint density at radius 1 is 0.947 bits per heavy atom. The highest BCUT2D eigenvalue weighted by atomic mass is 16.5. The summed E-state index contributed by atoms with van der Waals surface area (Å²) < 4.78 is 10.3. The molecule has 0 aromatic rings. The molecule has 0 radical (unpaired) electrons. The van der Waals surface area contributed by atoms with Gasteiger partial charge in [-0.05, 0) is 47.5 Å². The van der Waals surface area contributed by atoms with Gasteiger partial charge in [0.05, 0.1) is 17.8 Å². The summed E-state index contributed by atoms with van der Waals surface area (Å²) in [6, 6.07) is 0. The lowest BCUT2D eigenvalue weighted by Gasteiger charge is -2.34. The van der Waals surface area contributed by atoms with E-state index in [-0.39, 0.29) is 17.2 Å². The Bertz CT molecular complexity index is 196. The van der Waals surface area contributed by atoms with Crippen molar-refractivity contribution in [1.29, 1.82) is 0 Å². The number of carbonyl (C=O) groups excluding carboxylic acids is 1. The first-order valence-corrected chi connectivity index (χ1v) is 6.88. The minimum atomic E-state index is -0.211. The quantitative estimate of drug-likeness (QED) is 0.781. The summed E-state index contributed by atoms with van der Waals surface area (Å²) in [6.07, 6.45) is 2.13. The van der Waals surface area contributed by atoms with Gasteiger partial charge >= 0.3 is 5.97 Å². The van der Waals surface area contributed by atoms with Gasteiger partial charge in [0.1, 0.15) is 0 Å². The minimum absolute atomic E-state index is 0.0273. The first kappa shape index (κ1) is 23.5. The van der Waals surface area contributed by atoms with E-state index in [9.17, 15) is 4.79 Å². The number of hydrogen-bond donors (Lipinski definition) is 1. The van der Waals surface area contributed by atoms with E-state index >= 15 is 0 Å². The SMILES string of the molecule is CCC(C)(C)OC(C)(C)CC.CCOC(C)=O.CO. The van der Waals surface area contributed by atoms with Gasteiger partial charge < -0.3 is 14.6 Å². The number of hydrogen-bond acceptors (Lipinski definition) is 4. The second-order valence-corrected chi connectivity index (χ2v) is 5.25. The number of rotatable bonds is 5. The van der Waals surface area contributed by atoms with Crippen LogP contribution in [0.15, 0.2) is 0 Å². The molecule has 0 amide bonds. The molecule has 118 valence electrons.